The van der Waals surface area contributed by atoms with E-state index in [1.165, 1.54) is 22.3 Å². The lowest BCUT2D eigenvalue weighted by atomic mass is 10.1. The number of aromatic nitrogens is 2. The average Bonchev–Trinajstić information content (AvgIpc) is 3.18. The van der Waals surface area contributed by atoms with Gasteiger partial charge in [0.2, 0.25) is 0 Å². The summed E-state index contributed by atoms with van der Waals surface area (Å²) in [6.07, 6.45) is 2.57. The molecule has 114 valence electrons. The summed E-state index contributed by atoms with van der Waals surface area (Å²) in [5, 5.41) is 7.11. The number of benzene rings is 2. The maximum Gasteiger partial charge on any atom is 0.273 e. The molecule has 0 radical (unpaired) electrons. The molecule has 0 fully saturated rings. The van der Waals surface area contributed by atoms with Crippen LogP contribution in [-0.4, -0.2) is 15.7 Å². The molecule has 1 N–H and O–H groups in total. The number of carbonyl (C=O) groups is 1. The lowest BCUT2D eigenvalue weighted by molar-refractivity contribution is 0.101. The van der Waals surface area contributed by atoms with Crippen LogP contribution in [0.15, 0.2) is 54.7 Å². The molecule has 0 bridgehead atoms. The van der Waals surface area contributed by atoms with Crippen LogP contribution < -0.4 is 5.32 Å². The molecule has 1 aliphatic rings. The normalized spacial score (nSPS) is 11.9. The number of nitrogens with one attached hydrogen (secondary N) is 1. The molecule has 1 aliphatic carbocycles. The zero-order chi connectivity index (χ0) is 15.8. The molecular formula is C19H17N3O. The van der Waals surface area contributed by atoms with Gasteiger partial charge in [0, 0.05) is 18.4 Å². The highest BCUT2D eigenvalue weighted by Gasteiger charge is 2.19. The van der Waals surface area contributed by atoms with Crippen LogP contribution >= 0.6 is 0 Å². The molecule has 1 heterocycles. The number of hydrogen-bond donors (Lipinski definition) is 1. The molecule has 1 aromatic heterocycles. The van der Waals surface area contributed by atoms with Crippen molar-refractivity contribution in [3.63, 3.8) is 0 Å². The Morgan fingerprint density at radius 1 is 1.13 bits per heavy atom. The van der Waals surface area contributed by atoms with E-state index in [1.807, 2.05) is 13.0 Å². The van der Waals surface area contributed by atoms with Crippen LogP contribution in [0.5, 0.6) is 0 Å². The van der Waals surface area contributed by atoms with Crippen LogP contribution in [0.4, 0.5) is 5.69 Å². The zero-order valence-corrected chi connectivity index (χ0v) is 12.9. The van der Waals surface area contributed by atoms with Crippen LogP contribution in [0.2, 0.25) is 0 Å². The van der Waals surface area contributed by atoms with E-state index in [0.29, 0.717) is 12.2 Å². The SMILES string of the molecule is CCn1nccc1C(=O)Nc1ccc2c(c1)Cc1ccccc1-2. The second kappa shape index (κ2) is 5.39. The van der Waals surface area contributed by atoms with Crippen molar-refractivity contribution in [1.29, 1.82) is 0 Å². The highest BCUT2D eigenvalue weighted by atomic mass is 16.2. The lowest BCUT2D eigenvalue weighted by Crippen LogP contribution is -2.17. The fourth-order valence-corrected chi connectivity index (χ4v) is 3.20. The van der Waals surface area contributed by atoms with Crippen LogP contribution in [0.25, 0.3) is 11.1 Å². The van der Waals surface area contributed by atoms with Gasteiger partial charge in [0.15, 0.2) is 0 Å². The Kier molecular flexibility index (Phi) is 3.23. The molecule has 3 aromatic rings. The number of nitrogens with zero attached hydrogens (tertiary/aromatic N) is 2. The largest absolute Gasteiger partial charge is 0.321 e. The summed E-state index contributed by atoms with van der Waals surface area (Å²) >= 11 is 0. The molecule has 4 rings (SSSR count). The maximum absolute atomic E-state index is 12.4. The number of aryl methyl sites for hydroxylation is 1. The van der Waals surface area contributed by atoms with Gasteiger partial charge >= 0.3 is 0 Å². The number of amides is 1. The highest BCUT2D eigenvalue weighted by molar-refractivity contribution is 6.03. The number of rotatable bonds is 3. The van der Waals surface area contributed by atoms with Gasteiger partial charge < -0.3 is 5.32 Å². The van der Waals surface area contributed by atoms with Crippen LogP contribution in [-0.2, 0) is 13.0 Å². The quantitative estimate of drug-likeness (QED) is 0.627. The van der Waals surface area contributed by atoms with Gasteiger partial charge in [0.25, 0.3) is 5.91 Å². The first-order chi connectivity index (χ1) is 11.3. The van der Waals surface area contributed by atoms with Crippen molar-refractivity contribution in [2.75, 3.05) is 5.32 Å². The summed E-state index contributed by atoms with van der Waals surface area (Å²) in [6.45, 7) is 2.64. The number of anilines is 1. The molecule has 23 heavy (non-hydrogen) atoms. The molecule has 0 aliphatic heterocycles. The zero-order valence-electron chi connectivity index (χ0n) is 12.9. The van der Waals surface area contributed by atoms with Gasteiger partial charge in [-0.3, -0.25) is 9.48 Å². The monoisotopic (exact) mass is 303 g/mol. The predicted molar refractivity (Wildman–Crippen MR) is 90.5 cm³/mol. The van der Waals surface area contributed by atoms with Crippen molar-refractivity contribution in [2.24, 2.45) is 0 Å². The van der Waals surface area contributed by atoms with Crippen LogP contribution in [0.3, 0.4) is 0 Å². The molecule has 0 spiro atoms. The summed E-state index contributed by atoms with van der Waals surface area (Å²) in [6, 6.07) is 16.3. The number of fused-ring (bicyclic) bond motifs is 3. The van der Waals surface area contributed by atoms with E-state index in [-0.39, 0.29) is 5.91 Å². The Hall–Kier alpha value is -2.88. The minimum atomic E-state index is -0.125. The first kappa shape index (κ1) is 13.8. The molecule has 0 atom stereocenters. The first-order valence-corrected chi connectivity index (χ1v) is 7.80. The first-order valence-electron chi connectivity index (χ1n) is 7.80. The molecule has 1 amide bonds. The van der Waals surface area contributed by atoms with Gasteiger partial charge in [0.1, 0.15) is 5.69 Å². The standard InChI is InChI=1S/C19H17N3O/c1-2-22-18(9-10-20-22)19(23)21-15-7-8-17-14(12-15)11-13-5-3-4-6-16(13)17/h3-10,12H,2,11H2,1H3,(H,21,23). The van der Waals surface area contributed by atoms with Gasteiger partial charge in [-0.1, -0.05) is 30.3 Å². The van der Waals surface area contributed by atoms with Crippen LogP contribution in [0, 0.1) is 0 Å². The van der Waals surface area contributed by atoms with Crippen molar-refractivity contribution >= 4 is 11.6 Å². The molecule has 0 unspecified atom stereocenters. The van der Waals surface area contributed by atoms with Gasteiger partial charge in [-0.15, -0.1) is 0 Å². The Morgan fingerprint density at radius 3 is 2.83 bits per heavy atom. The molecule has 0 saturated heterocycles. The van der Waals surface area contributed by atoms with Crippen molar-refractivity contribution in [3.8, 4) is 11.1 Å². The summed E-state index contributed by atoms with van der Waals surface area (Å²) in [5.41, 5.74) is 6.56. The fourth-order valence-electron chi connectivity index (χ4n) is 3.20. The minimum Gasteiger partial charge on any atom is -0.321 e. The maximum atomic E-state index is 12.4. The molecule has 4 heteroatoms. The van der Waals surface area contributed by atoms with E-state index in [2.05, 4.69) is 46.8 Å². The van der Waals surface area contributed by atoms with Gasteiger partial charge in [-0.05, 0) is 53.8 Å². The third kappa shape index (κ3) is 2.32. The molecule has 0 saturated carbocycles. The lowest BCUT2D eigenvalue weighted by Gasteiger charge is -2.08. The van der Waals surface area contributed by atoms with Crippen molar-refractivity contribution in [1.82, 2.24) is 9.78 Å². The number of carbonyl (C=O) groups excluding carboxylic acids is 1. The summed E-state index contributed by atoms with van der Waals surface area (Å²) in [7, 11) is 0. The summed E-state index contributed by atoms with van der Waals surface area (Å²) in [4.78, 5) is 12.4. The second-order valence-electron chi connectivity index (χ2n) is 5.69. The Labute approximate surface area is 134 Å². The highest BCUT2D eigenvalue weighted by Crippen LogP contribution is 2.37. The van der Waals surface area contributed by atoms with E-state index in [1.54, 1.807) is 16.9 Å². The van der Waals surface area contributed by atoms with E-state index in [0.717, 1.165) is 12.1 Å². The van der Waals surface area contributed by atoms with Gasteiger partial charge in [-0.25, -0.2) is 0 Å². The average molecular weight is 303 g/mol. The Bertz CT molecular complexity index is 895. The van der Waals surface area contributed by atoms with Gasteiger partial charge in [-0.2, -0.15) is 5.10 Å². The minimum absolute atomic E-state index is 0.125. The van der Waals surface area contributed by atoms with Crippen molar-refractivity contribution < 1.29 is 4.79 Å². The smallest absolute Gasteiger partial charge is 0.273 e. The Morgan fingerprint density at radius 2 is 1.96 bits per heavy atom. The second-order valence-corrected chi connectivity index (χ2v) is 5.69. The molecule has 2 aromatic carbocycles. The van der Waals surface area contributed by atoms with Crippen LogP contribution in [0.1, 0.15) is 28.5 Å². The Balaban J connectivity index is 1.60. The predicted octanol–water partition coefficient (Wildman–Crippen LogP) is 3.73. The fraction of sp³-hybridized carbons (Fsp3) is 0.158. The van der Waals surface area contributed by atoms with Crippen molar-refractivity contribution in [2.45, 2.75) is 19.9 Å². The topological polar surface area (TPSA) is 46.9 Å². The van der Waals surface area contributed by atoms with E-state index in [9.17, 15) is 4.79 Å². The van der Waals surface area contributed by atoms with Gasteiger partial charge in [0.05, 0.1) is 0 Å². The molecule has 4 nitrogen and oxygen atoms in total. The number of hydrogen-bond acceptors (Lipinski definition) is 2. The third-order valence-corrected chi connectivity index (χ3v) is 4.30. The molecular weight excluding hydrogens is 286 g/mol. The van der Waals surface area contributed by atoms with Crippen molar-refractivity contribution in [3.05, 3.63) is 71.5 Å². The third-order valence-electron chi connectivity index (χ3n) is 4.30. The summed E-state index contributed by atoms with van der Waals surface area (Å²) in [5.74, 6) is -0.125. The van der Waals surface area contributed by atoms with E-state index >= 15 is 0 Å². The summed E-state index contributed by atoms with van der Waals surface area (Å²) < 4.78 is 1.69. The van der Waals surface area contributed by atoms with E-state index in [4.69, 9.17) is 0 Å². The van der Waals surface area contributed by atoms with E-state index < -0.39 is 0 Å².